The van der Waals surface area contributed by atoms with Gasteiger partial charge in [-0.25, -0.2) is 9.78 Å². The Labute approximate surface area is 162 Å². The van der Waals surface area contributed by atoms with Crippen molar-refractivity contribution in [1.29, 1.82) is 0 Å². The second-order valence-electron chi connectivity index (χ2n) is 7.56. The molecule has 1 aliphatic carbocycles. The Bertz CT molecular complexity index is 1090. The number of amides is 1. The summed E-state index contributed by atoms with van der Waals surface area (Å²) in [4.78, 5) is 34.5. The van der Waals surface area contributed by atoms with Crippen molar-refractivity contribution in [2.75, 3.05) is 13.7 Å². The highest BCUT2D eigenvalue weighted by molar-refractivity contribution is 5.97. The Balaban J connectivity index is 1.46. The molecule has 1 amide bonds. The van der Waals surface area contributed by atoms with Gasteiger partial charge < -0.3 is 14.6 Å². The van der Waals surface area contributed by atoms with Crippen LogP contribution < -0.4 is 0 Å². The minimum atomic E-state index is -0.317. The van der Waals surface area contributed by atoms with E-state index in [9.17, 15) is 9.59 Å². The fraction of sp³-hybridized carbons (Fsp3) is 0.318. The molecular formula is C22H21N3O3. The van der Waals surface area contributed by atoms with Gasteiger partial charge in [0.2, 0.25) is 0 Å². The molecule has 1 aliphatic heterocycles. The Morgan fingerprint density at radius 3 is 2.89 bits per heavy atom. The van der Waals surface area contributed by atoms with Crippen molar-refractivity contribution in [1.82, 2.24) is 14.9 Å². The van der Waals surface area contributed by atoms with E-state index in [-0.39, 0.29) is 23.8 Å². The molecule has 2 atom stereocenters. The molecule has 142 valence electrons. The Morgan fingerprint density at radius 2 is 2.04 bits per heavy atom. The number of esters is 1. The number of imidazole rings is 1. The van der Waals surface area contributed by atoms with E-state index in [1.807, 2.05) is 41.3 Å². The minimum Gasteiger partial charge on any atom is -0.465 e. The summed E-state index contributed by atoms with van der Waals surface area (Å²) in [5, 5.41) is 0. The predicted octanol–water partition coefficient (Wildman–Crippen LogP) is 3.29. The van der Waals surface area contributed by atoms with Crippen LogP contribution in [0.2, 0.25) is 0 Å². The highest BCUT2D eigenvalue weighted by Gasteiger charge is 2.41. The number of aromatic amines is 1. The standard InChI is InChI=1S/C22H21N3O3/c1-28-22(27)15-5-4-13-11-20-16(17(13)9-15)3-2-8-25(20)21(26)14-6-7-18-19(10-14)24-12-23-18/h4-7,9-10,12,16,20H,2-3,8,11H2,1H3,(H,23,24)/t16-,20+/m0/s1. The number of hydrogen-bond acceptors (Lipinski definition) is 4. The van der Waals surface area contributed by atoms with Crippen LogP contribution in [0, 0.1) is 0 Å². The highest BCUT2D eigenvalue weighted by Crippen LogP contribution is 2.43. The van der Waals surface area contributed by atoms with Crippen molar-refractivity contribution in [3.05, 3.63) is 65.0 Å². The number of fused-ring (bicyclic) bond motifs is 4. The zero-order valence-corrected chi connectivity index (χ0v) is 15.6. The van der Waals surface area contributed by atoms with Crippen molar-refractivity contribution in [3.8, 4) is 0 Å². The number of methoxy groups -OCH3 is 1. The monoisotopic (exact) mass is 375 g/mol. The highest BCUT2D eigenvalue weighted by atomic mass is 16.5. The van der Waals surface area contributed by atoms with E-state index >= 15 is 0 Å². The summed E-state index contributed by atoms with van der Waals surface area (Å²) >= 11 is 0. The van der Waals surface area contributed by atoms with Gasteiger partial charge in [-0.1, -0.05) is 6.07 Å². The summed E-state index contributed by atoms with van der Waals surface area (Å²) in [7, 11) is 1.40. The molecule has 0 radical (unpaired) electrons. The lowest BCUT2D eigenvalue weighted by atomic mass is 9.87. The van der Waals surface area contributed by atoms with Crippen LogP contribution in [0.1, 0.15) is 50.6 Å². The molecule has 1 saturated heterocycles. The molecule has 1 aromatic heterocycles. The quantitative estimate of drug-likeness (QED) is 0.698. The van der Waals surface area contributed by atoms with Crippen LogP contribution in [0.15, 0.2) is 42.7 Å². The van der Waals surface area contributed by atoms with E-state index in [4.69, 9.17) is 4.74 Å². The lowest BCUT2D eigenvalue weighted by molar-refractivity contribution is 0.0585. The molecule has 6 heteroatoms. The molecule has 0 unspecified atom stereocenters. The first-order chi connectivity index (χ1) is 13.7. The summed E-state index contributed by atoms with van der Waals surface area (Å²) in [6.07, 6.45) is 4.47. The zero-order chi connectivity index (χ0) is 19.3. The van der Waals surface area contributed by atoms with Gasteiger partial charge in [-0.15, -0.1) is 0 Å². The van der Waals surface area contributed by atoms with Gasteiger partial charge in [0, 0.05) is 24.1 Å². The maximum Gasteiger partial charge on any atom is 0.337 e. The average molecular weight is 375 g/mol. The lowest BCUT2D eigenvalue weighted by Gasteiger charge is -2.38. The topological polar surface area (TPSA) is 75.3 Å². The van der Waals surface area contributed by atoms with Crippen LogP contribution in [-0.2, 0) is 11.2 Å². The first-order valence-electron chi connectivity index (χ1n) is 9.61. The minimum absolute atomic E-state index is 0.0622. The molecule has 6 nitrogen and oxygen atoms in total. The number of rotatable bonds is 2. The number of H-pyrrole nitrogens is 1. The maximum absolute atomic E-state index is 13.3. The third-order valence-corrected chi connectivity index (χ3v) is 6.10. The molecular weight excluding hydrogens is 354 g/mol. The summed E-state index contributed by atoms with van der Waals surface area (Å²) in [6, 6.07) is 11.5. The van der Waals surface area contributed by atoms with Gasteiger partial charge in [0.05, 0.1) is 30.0 Å². The predicted molar refractivity (Wildman–Crippen MR) is 104 cm³/mol. The SMILES string of the molecule is COC(=O)c1ccc2c(c1)[C@@H]1CCCN(C(=O)c3ccc4nc[nH]c4c3)[C@@H]1C2. The average Bonchev–Trinajstić information content (AvgIpc) is 3.35. The van der Waals surface area contributed by atoms with E-state index in [0.29, 0.717) is 11.1 Å². The number of aromatic nitrogens is 2. The molecule has 3 aromatic rings. The first-order valence-corrected chi connectivity index (χ1v) is 9.61. The van der Waals surface area contributed by atoms with E-state index in [1.165, 1.54) is 18.2 Å². The second-order valence-corrected chi connectivity index (χ2v) is 7.56. The Hall–Kier alpha value is -3.15. The van der Waals surface area contributed by atoms with Crippen molar-refractivity contribution in [3.63, 3.8) is 0 Å². The molecule has 1 fully saturated rings. The second kappa shape index (κ2) is 6.48. The molecule has 5 rings (SSSR count). The largest absolute Gasteiger partial charge is 0.465 e. The maximum atomic E-state index is 13.3. The Morgan fingerprint density at radius 1 is 1.18 bits per heavy atom. The molecule has 0 spiro atoms. The third-order valence-electron chi connectivity index (χ3n) is 6.10. The molecule has 2 aliphatic rings. The van der Waals surface area contributed by atoms with Crippen molar-refractivity contribution < 1.29 is 14.3 Å². The molecule has 2 heterocycles. The van der Waals surface area contributed by atoms with E-state index in [1.54, 1.807) is 6.33 Å². The number of piperidine rings is 1. The normalized spacial score (nSPS) is 20.7. The molecule has 2 aromatic carbocycles. The number of nitrogens with zero attached hydrogens (tertiary/aromatic N) is 2. The third kappa shape index (κ3) is 2.59. The summed E-state index contributed by atoms with van der Waals surface area (Å²) in [5.74, 6) is 0.0169. The fourth-order valence-electron chi connectivity index (χ4n) is 4.75. The van der Waals surface area contributed by atoms with Crippen LogP contribution in [-0.4, -0.2) is 46.4 Å². The lowest BCUT2D eigenvalue weighted by Crippen LogP contribution is -2.46. The smallest absolute Gasteiger partial charge is 0.337 e. The molecule has 1 N–H and O–H groups in total. The van der Waals surface area contributed by atoms with Gasteiger partial charge in [0.15, 0.2) is 0 Å². The fourth-order valence-corrected chi connectivity index (χ4v) is 4.75. The van der Waals surface area contributed by atoms with Crippen LogP contribution in [0.3, 0.4) is 0 Å². The van der Waals surface area contributed by atoms with Crippen LogP contribution >= 0.6 is 0 Å². The van der Waals surface area contributed by atoms with E-state index in [2.05, 4.69) is 9.97 Å². The molecule has 0 saturated carbocycles. The summed E-state index contributed by atoms with van der Waals surface area (Å²) in [6.45, 7) is 0.763. The number of ether oxygens (including phenoxy) is 1. The van der Waals surface area contributed by atoms with Gasteiger partial charge in [-0.05, 0) is 60.7 Å². The van der Waals surface area contributed by atoms with Gasteiger partial charge in [0.25, 0.3) is 5.91 Å². The first kappa shape index (κ1) is 17.0. The molecule has 28 heavy (non-hydrogen) atoms. The van der Waals surface area contributed by atoms with Crippen molar-refractivity contribution in [2.24, 2.45) is 0 Å². The summed E-state index contributed by atoms with van der Waals surface area (Å²) in [5.41, 5.74) is 5.41. The van der Waals surface area contributed by atoms with Crippen LogP contribution in [0.4, 0.5) is 0 Å². The zero-order valence-electron chi connectivity index (χ0n) is 15.6. The number of hydrogen-bond donors (Lipinski definition) is 1. The number of nitrogens with one attached hydrogen (secondary N) is 1. The number of carbonyl (C=O) groups excluding carboxylic acids is 2. The van der Waals surface area contributed by atoms with Gasteiger partial charge in [0.1, 0.15) is 0 Å². The number of carbonyl (C=O) groups is 2. The Kier molecular flexibility index (Phi) is 3.93. The van der Waals surface area contributed by atoms with Gasteiger partial charge in [-0.2, -0.15) is 0 Å². The number of benzene rings is 2. The van der Waals surface area contributed by atoms with E-state index < -0.39 is 0 Å². The van der Waals surface area contributed by atoms with Crippen LogP contribution in [0.5, 0.6) is 0 Å². The molecule has 0 bridgehead atoms. The van der Waals surface area contributed by atoms with Crippen LogP contribution in [0.25, 0.3) is 11.0 Å². The van der Waals surface area contributed by atoms with Crippen molar-refractivity contribution >= 4 is 22.9 Å². The van der Waals surface area contributed by atoms with Crippen molar-refractivity contribution in [2.45, 2.75) is 31.2 Å². The summed E-state index contributed by atoms with van der Waals surface area (Å²) < 4.78 is 4.87. The number of likely N-dealkylation sites (tertiary alicyclic amines) is 1. The van der Waals surface area contributed by atoms with Gasteiger partial charge in [-0.3, -0.25) is 4.79 Å². The van der Waals surface area contributed by atoms with E-state index in [0.717, 1.165) is 36.8 Å². The van der Waals surface area contributed by atoms with Gasteiger partial charge >= 0.3 is 5.97 Å².